The summed E-state index contributed by atoms with van der Waals surface area (Å²) < 4.78 is 13.8. The van der Waals surface area contributed by atoms with E-state index in [0.717, 1.165) is 6.07 Å². The predicted octanol–water partition coefficient (Wildman–Crippen LogP) is 2.04. The van der Waals surface area contributed by atoms with E-state index in [9.17, 15) is 9.18 Å². The van der Waals surface area contributed by atoms with Gasteiger partial charge in [-0.15, -0.1) is 0 Å². The van der Waals surface area contributed by atoms with Crippen LogP contribution in [0.4, 0.5) is 10.1 Å². The van der Waals surface area contributed by atoms with Gasteiger partial charge in [0.2, 0.25) is 0 Å². The van der Waals surface area contributed by atoms with Gasteiger partial charge >= 0.3 is 5.97 Å². The summed E-state index contributed by atoms with van der Waals surface area (Å²) in [6.07, 6.45) is 0. The van der Waals surface area contributed by atoms with Gasteiger partial charge in [-0.1, -0.05) is 0 Å². The molecule has 1 heterocycles. The Morgan fingerprint density at radius 1 is 1.37 bits per heavy atom. The standard InChI is InChI=1S/C13H8FN3O2/c14-9-5-7(6-15)1-2-8(9)11-4-3-10(16)12(17-11)13(18)19/h1-5H,16H2,(H,18,19). The number of nitrogen functional groups attached to an aromatic ring is 1. The molecule has 3 N–H and O–H groups in total. The van der Waals surface area contributed by atoms with Crippen LogP contribution >= 0.6 is 0 Å². The maximum atomic E-state index is 13.8. The first-order valence-corrected chi connectivity index (χ1v) is 5.22. The van der Waals surface area contributed by atoms with Crippen LogP contribution in [0.1, 0.15) is 16.1 Å². The summed E-state index contributed by atoms with van der Waals surface area (Å²) in [6, 6.07) is 8.45. The second-order valence-corrected chi connectivity index (χ2v) is 3.75. The topological polar surface area (TPSA) is 100 Å². The van der Waals surface area contributed by atoms with Crippen LogP contribution < -0.4 is 5.73 Å². The molecule has 0 unspecified atom stereocenters. The normalized spacial score (nSPS) is 9.89. The number of benzene rings is 1. The van der Waals surface area contributed by atoms with Gasteiger partial charge in [0.15, 0.2) is 5.69 Å². The predicted molar refractivity (Wildman–Crippen MR) is 65.7 cm³/mol. The molecular weight excluding hydrogens is 249 g/mol. The number of carbonyl (C=O) groups is 1. The first-order chi connectivity index (χ1) is 9.02. The minimum absolute atomic E-state index is 0.00491. The average Bonchev–Trinajstić information content (AvgIpc) is 2.39. The lowest BCUT2D eigenvalue weighted by molar-refractivity contribution is 0.0692. The largest absolute Gasteiger partial charge is 0.476 e. The van der Waals surface area contributed by atoms with Crippen molar-refractivity contribution in [3.63, 3.8) is 0 Å². The van der Waals surface area contributed by atoms with E-state index in [1.54, 1.807) is 0 Å². The van der Waals surface area contributed by atoms with E-state index in [0.29, 0.717) is 0 Å². The Hall–Kier alpha value is -2.94. The number of carboxylic acid groups (broad SMARTS) is 1. The van der Waals surface area contributed by atoms with Crippen LogP contribution in [-0.2, 0) is 0 Å². The molecule has 94 valence electrons. The van der Waals surface area contributed by atoms with E-state index < -0.39 is 11.8 Å². The Morgan fingerprint density at radius 2 is 2.11 bits per heavy atom. The number of carboxylic acids is 1. The van der Waals surface area contributed by atoms with Crippen LogP contribution in [0.25, 0.3) is 11.3 Å². The molecule has 1 aromatic carbocycles. The molecule has 5 nitrogen and oxygen atoms in total. The summed E-state index contributed by atoms with van der Waals surface area (Å²) in [4.78, 5) is 14.7. The summed E-state index contributed by atoms with van der Waals surface area (Å²) in [5.74, 6) is -1.93. The molecule has 0 aliphatic rings. The van der Waals surface area contributed by atoms with Crippen molar-refractivity contribution in [3.05, 3.63) is 47.4 Å². The van der Waals surface area contributed by atoms with Gasteiger partial charge in [0.25, 0.3) is 0 Å². The number of hydrogen-bond donors (Lipinski definition) is 2. The second kappa shape index (κ2) is 4.74. The maximum Gasteiger partial charge on any atom is 0.356 e. The number of rotatable bonds is 2. The van der Waals surface area contributed by atoms with Gasteiger partial charge in [0.05, 0.1) is 23.0 Å². The fourth-order valence-corrected chi connectivity index (χ4v) is 1.58. The van der Waals surface area contributed by atoms with Crippen LogP contribution in [0.5, 0.6) is 0 Å². The zero-order valence-corrected chi connectivity index (χ0v) is 9.59. The van der Waals surface area contributed by atoms with Crippen LogP contribution in [0.15, 0.2) is 30.3 Å². The van der Waals surface area contributed by atoms with Crippen LogP contribution in [-0.4, -0.2) is 16.1 Å². The van der Waals surface area contributed by atoms with E-state index in [1.807, 2.05) is 6.07 Å². The first kappa shape index (κ1) is 12.5. The highest BCUT2D eigenvalue weighted by molar-refractivity contribution is 5.92. The summed E-state index contributed by atoms with van der Waals surface area (Å²) in [7, 11) is 0. The highest BCUT2D eigenvalue weighted by Crippen LogP contribution is 2.24. The third kappa shape index (κ3) is 2.35. The van der Waals surface area contributed by atoms with Gasteiger partial charge in [-0.25, -0.2) is 14.2 Å². The van der Waals surface area contributed by atoms with Gasteiger partial charge in [0, 0.05) is 5.56 Å². The molecule has 0 saturated heterocycles. The van der Waals surface area contributed by atoms with Crippen molar-refractivity contribution in [2.45, 2.75) is 0 Å². The fourth-order valence-electron chi connectivity index (χ4n) is 1.58. The number of nitriles is 1. The number of anilines is 1. The molecule has 19 heavy (non-hydrogen) atoms. The van der Waals surface area contributed by atoms with Crippen LogP contribution in [0.3, 0.4) is 0 Å². The molecule has 1 aromatic heterocycles. The van der Waals surface area contributed by atoms with Crippen molar-refractivity contribution in [2.24, 2.45) is 0 Å². The number of nitrogens with zero attached hydrogens (tertiary/aromatic N) is 2. The Kier molecular flexibility index (Phi) is 3.12. The minimum atomic E-state index is -1.28. The summed E-state index contributed by atoms with van der Waals surface area (Å²) in [5.41, 5.74) is 5.58. The van der Waals surface area contributed by atoms with E-state index in [4.69, 9.17) is 16.1 Å². The van der Waals surface area contributed by atoms with Crippen LogP contribution in [0.2, 0.25) is 0 Å². The Labute approximate surface area is 107 Å². The summed E-state index contributed by atoms with van der Waals surface area (Å²) >= 11 is 0. The SMILES string of the molecule is N#Cc1ccc(-c2ccc(N)c(C(=O)O)n2)c(F)c1. The molecule has 2 aromatic rings. The second-order valence-electron chi connectivity index (χ2n) is 3.75. The molecular formula is C13H8FN3O2. The van der Waals surface area contributed by atoms with Gasteiger partial charge in [-0.2, -0.15) is 5.26 Å². The molecule has 0 amide bonds. The number of halogens is 1. The average molecular weight is 257 g/mol. The number of hydrogen-bond acceptors (Lipinski definition) is 4. The van der Waals surface area contributed by atoms with Gasteiger partial charge in [-0.05, 0) is 30.3 Å². The van der Waals surface area contributed by atoms with E-state index in [2.05, 4.69) is 4.98 Å². The maximum absolute atomic E-state index is 13.8. The third-order valence-electron chi connectivity index (χ3n) is 2.50. The minimum Gasteiger partial charge on any atom is -0.476 e. The molecule has 0 radical (unpaired) electrons. The molecule has 0 saturated carbocycles. The fraction of sp³-hybridized carbons (Fsp3) is 0. The van der Waals surface area contributed by atoms with Gasteiger partial charge in [0.1, 0.15) is 5.82 Å². The quantitative estimate of drug-likeness (QED) is 0.857. The molecule has 0 atom stereocenters. The van der Waals surface area contributed by atoms with Crippen LogP contribution in [0, 0.1) is 17.1 Å². The number of nitrogens with two attached hydrogens (primary N) is 1. The molecule has 2 rings (SSSR count). The first-order valence-electron chi connectivity index (χ1n) is 5.22. The number of aromatic carboxylic acids is 1. The lowest BCUT2D eigenvalue weighted by Gasteiger charge is -2.06. The van der Waals surface area contributed by atoms with E-state index in [-0.39, 0.29) is 28.2 Å². The number of pyridine rings is 1. The lowest BCUT2D eigenvalue weighted by atomic mass is 10.1. The Balaban J connectivity index is 2.57. The van der Waals surface area contributed by atoms with Crippen molar-refractivity contribution >= 4 is 11.7 Å². The zero-order valence-electron chi connectivity index (χ0n) is 9.59. The van der Waals surface area contributed by atoms with E-state index >= 15 is 0 Å². The molecule has 0 aliphatic heterocycles. The van der Waals surface area contributed by atoms with Gasteiger partial charge in [-0.3, -0.25) is 0 Å². The third-order valence-corrected chi connectivity index (χ3v) is 2.50. The van der Waals surface area contributed by atoms with Crippen molar-refractivity contribution in [1.29, 1.82) is 5.26 Å². The lowest BCUT2D eigenvalue weighted by Crippen LogP contribution is -2.06. The molecule has 0 aliphatic carbocycles. The van der Waals surface area contributed by atoms with Crippen molar-refractivity contribution in [3.8, 4) is 17.3 Å². The smallest absolute Gasteiger partial charge is 0.356 e. The molecule has 0 fully saturated rings. The summed E-state index contributed by atoms with van der Waals surface area (Å²) in [5, 5.41) is 17.6. The summed E-state index contributed by atoms with van der Waals surface area (Å²) in [6.45, 7) is 0. The molecule has 6 heteroatoms. The highest BCUT2D eigenvalue weighted by Gasteiger charge is 2.14. The van der Waals surface area contributed by atoms with Gasteiger partial charge < -0.3 is 10.8 Å². The van der Waals surface area contributed by atoms with Crippen molar-refractivity contribution in [1.82, 2.24) is 4.98 Å². The number of aromatic nitrogens is 1. The highest BCUT2D eigenvalue weighted by atomic mass is 19.1. The monoisotopic (exact) mass is 257 g/mol. The Bertz CT molecular complexity index is 708. The zero-order chi connectivity index (χ0) is 14.0. The molecule has 0 spiro atoms. The van der Waals surface area contributed by atoms with Crippen molar-refractivity contribution in [2.75, 3.05) is 5.73 Å². The molecule has 0 bridgehead atoms. The Morgan fingerprint density at radius 3 is 2.68 bits per heavy atom. The van der Waals surface area contributed by atoms with Crippen molar-refractivity contribution < 1.29 is 14.3 Å². The van der Waals surface area contributed by atoms with E-state index in [1.165, 1.54) is 24.3 Å².